The minimum atomic E-state index is -0.739. The Kier molecular flexibility index (Phi) is 5.18. The molecule has 5 nitrogen and oxygen atoms in total. The number of nitrogens with zero attached hydrogens (tertiary/aromatic N) is 2. The molecule has 2 aliphatic heterocycles. The van der Waals surface area contributed by atoms with E-state index in [0.717, 1.165) is 45.0 Å². The van der Waals surface area contributed by atoms with Crippen molar-refractivity contribution in [1.29, 1.82) is 0 Å². The molecule has 1 unspecified atom stereocenters. The summed E-state index contributed by atoms with van der Waals surface area (Å²) in [4.78, 5) is 4.91. The van der Waals surface area contributed by atoms with Crippen molar-refractivity contribution < 1.29 is 9.47 Å². The number of hydrogen-bond donors (Lipinski definition) is 1. The maximum Gasteiger partial charge on any atom is 0.242 e. The topological polar surface area (TPSA) is 55.7 Å². The highest BCUT2D eigenvalue weighted by atomic mass is 16.5. The highest BCUT2D eigenvalue weighted by Gasteiger charge is 2.51. The lowest BCUT2D eigenvalue weighted by molar-refractivity contribution is 0.0670. The van der Waals surface area contributed by atoms with Gasteiger partial charge in [0.25, 0.3) is 0 Å². The zero-order valence-electron chi connectivity index (χ0n) is 24.0. The van der Waals surface area contributed by atoms with Gasteiger partial charge < -0.3 is 9.47 Å². The van der Waals surface area contributed by atoms with Gasteiger partial charge in [-0.15, -0.1) is 5.10 Å². The van der Waals surface area contributed by atoms with Gasteiger partial charge in [0.15, 0.2) is 0 Å². The second-order valence-corrected chi connectivity index (χ2v) is 11.6. The minimum absolute atomic E-state index is 0.507. The zero-order valence-corrected chi connectivity index (χ0v) is 24.0. The van der Waals surface area contributed by atoms with Crippen LogP contribution in [0.4, 0.5) is 0 Å². The minimum Gasteiger partial charge on any atom is -0.456 e. The molecule has 1 aromatic heterocycles. The van der Waals surface area contributed by atoms with Crippen LogP contribution in [0, 0.1) is 0 Å². The number of rotatable bonds is 3. The molecule has 0 fully saturated rings. The molecule has 210 valence electrons. The predicted molar refractivity (Wildman–Crippen MR) is 172 cm³/mol. The first kappa shape index (κ1) is 24.9. The molecule has 3 heterocycles. The van der Waals surface area contributed by atoms with Gasteiger partial charge in [-0.3, -0.25) is 10.4 Å². The standard InChI is InChI=1S/C39H27N3O2/c1-38(26-12-3-2-4-13-26)42-41-37(44-38)25-22-23-34(40-24-25)29-16-11-20-33-36(29)43-35-21-10-9-19-32(35)39(33)30-17-7-5-14-27(30)28-15-6-8-18-31(28)39/h2-24,42H,1H3. The SMILES string of the molecule is CC1(c2ccccc2)NN=C(c2ccc(-c3cccc4c3Oc3ccccc3C43c4ccccc4-c4ccccc43)nc2)O1. The Balaban J connectivity index is 1.17. The van der Waals surface area contributed by atoms with E-state index in [4.69, 9.17) is 14.5 Å². The van der Waals surface area contributed by atoms with E-state index in [1.54, 1.807) is 0 Å². The van der Waals surface area contributed by atoms with E-state index in [0.29, 0.717) is 5.90 Å². The third-order valence-electron chi connectivity index (χ3n) is 9.16. The van der Waals surface area contributed by atoms with E-state index >= 15 is 0 Å². The summed E-state index contributed by atoms with van der Waals surface area (Å²) < 4.78 is 13.1. The maximum absolute atomic E-state index is 6.79. The number of pyridine rings is 1. The Labute approximate surface area is 255 Å². The van der Waals surface area contributed by atoms with E-state index in [1.807, 2.05) is 61.7 Å². The van der Waals surface area contributed by atoms with Crippen molar-refractivity contribution in [3.63, 3.8) is 0 Å². The van der Waals surface area contributed by atoms with Crippen LogP contribution in [-0.4, -0.2) is 10.9 Å². The summed E-state index contributed by atoms with van der Waals surface area (Å²) in [7, 11) is 0. The lowest BCUT2D eigenvalue weighted by Gasteiger charge is -2.40. The molecule has 1 N–H and O–H groups in total. The molecule has 3 aliphatic rings. The van der Waals surface area contributed by atoms with E-state index in [-0.39, 0.29) is 0 Å². The molecule has 5 heteroatoms. The van der Waals surface area contributed by atoms with Gasteiger partial charge in [-0.1, -0.05) is 109 Å². The van der Waals surface area contributed by atoms with Crippen LogP contribution < -0.4 is 10.2 Å². The van der Waals surface area contributed by atoms with Crippen molar-refractivity contribution in [2.45, 2.75) is 18.1 Å². The Hall–Kier alpha value is -5.68. The smallest absolute Gasteiger partial charge is 0.242 e. The molecule has 1 aliphatic carbocycles. The summed E-state index contributed by atoms with van der Waals surface area (Å²) in [5, 5.41) is 4.50. The van der Waals surface area contributed by atoms with Crippen LogP contribution >= 0.6 is 0 Å². The Bertz CT molecular complexity index is 2080. The van der Waals surface area contributed by atoms with Gasteiger partial charge in [0.2, 0.25) is 11.6 Å². The molecule has 6 aromatic rings. The maximum atomic E-state index is 6.79. The van der Waals surface area contributed by atoms with E-state index in [9.17, 15) is 0 Å². The van der Waals surface area contributed by atoms with Crippen molar-refractivity contribution >= 4 is 5.90 Å². The van der Waals surface area contributed by atoms with Gasteiger partial charge >= 0.3 is 0 Å². The van der Waals surface area contributed by atoms with Gasteiger partial charge in [0.1, 0.15) is 11.5 Å². The quantitative estimate of drug-likeness (QED) is 0.232. The molecule has 0 radical (unpaired) electrons. The largest absolute Gasteiger partial charge is 0.456 e. The molecule has 1 spiro atoms. The lowest BCUT2D eigenvalue weighted by Crippen LogP contribution is -2.34. The van der Waals surface area contributed by atoms with Crippen LogP contribution in [0.25, 0.3) is 22.4 Å². The first-order valence-electron chi connectivity index (χ1n) is 14.8. The lowest BCUT2D eigenvalue weighted by atomic mass is 9.65. The number of nitrogens with one attached hydrogen (secondary N) is 1. The number of fused-ring (bicyclic) bond motifs is 9. The Morgan fingerprint density at radius 3 is 1.95 bits per heavy atom. The summed E-state index contributed by atoms with van der Waals surface area (Å²) in [6.45, 7) is 1.97. The molecular formula is C39H27N3O2. The Morgan fingerprint density at radius 2 is 1.23 bits per heavy atom. The summed E-state index contributed by atoms with van der Waals surface area (Å²) in [5.41, 5.74) is 12.8. The molecule has 1 atom stereocenters. The average molecular weight is 570 g/mol. The van der Waals surface area contributed by atoms with Gasteiger partial charge in [-0.05, 0) is 46.5 Å². The molecule has 0 bridgehead atoms. The van der Waals surface area contributed by atoms with Gasteiger partial charge in [0, 0.05) is 35.4 Å². The van der Waals surface area contributed by atoms with E-state index in [2.05, 4.69) is 95.5 Å². The first-order valence-corrected chi connectivity index (χ1v) is 14.8. The number of para-hydroxylation sites is 2. The van der Waals surface area contributed by atoms with E-state index in [1.165, 1.54) is 22.3 Å². The van der Waals surface area contributed by atoms with Crippen LogP contribution in [0.2, 0.25) is 0 Å². The van der Waals surface area contributed by atoms with Gasteiger partial charge in [-0.2, -0.15) is 0 Å². The fraction of sp³-hybridized carbons (Fsp3) is 0.0769. The second-order valence-electron chi connectivity index (χ2n) is 11.6. The monoisotopic (exact) mass is 569 g/mol. The molecule has 5 aromatic carbocycles. The summed E-state index contributed by atoms with van der Waals surface area (Å²) >= 11 is 0. The summed E-state index contributed by atoms with van der Waals surface area (Å²) in [6, 6.07) is 46.4. The van der Waals surface area contributed by atoms with Crippen LogP contribution in [-0.2, 0) is 15.9 Å². The molecule has 0 saturated heterocycles. The van der Waals surface area contributed by atoms with Crippen LogP contribution in [0.5, 0.6) is 11.5 Å². The summed E-state index contributed by atoms with van der Waals surface area (Å²) in [5.74, 6) is 2.19. The average Bonchev–Trinajstić information content (AvgIpc) is 3.63. The number of benzene rings is 5. The molecule has 0 saturated carbocycles. The Morgan fingerprint density at radius 1 is 0.591 bits per heavy atom. The number of hydrogen-bond acceptors (Lipinski definition) is 5. The summed E-state index contributed by atoms with van der Waals surface area (Å²) in [6.07, 6.45) is 1.82. The highest BCUT2D eigenvalue weighted by Crippen LogP contribution is 2.62. The van der Waals surface area contributed by atoms with Crippen LogP contribution in [0.1, 0.15) is 40.3 Å². The van der Waals surface area contributed by atoms with Crippen LogP contribution in [0.3, 0.4) is 0 Å². The molecule has 9 rings (SSSR count). The third-order valence-corrected chi connectivity index (χ3v) is 9.16. The van der Waals surface area contributed by atoms with E-state index < -0.39 is 11.1 Å². The third kappa shape index (κ3) is 3.35. The van der Waals surface area contributed by atoms with Gasteiger partial charge in [0.05, 0.1) is 16.7 Å². The van der Waals surface area contributed by atoms with Crippen molar-refractivity contribution in [2.75, 3.05) is 0 Å². The van der Waals surface area contributed by atoms with Crippen LogP contribution in [0.15, 0.2) is 145 Å². The molecule has 44 heavy (non-hydrogen) atoms. The normalized spacial score (nSPS) is 18.2. The van der Waals surface area contributed by atoms with Crippen molar-refractivity contribution in [1.82, 2.24) is 10.4 Å². The van der Waals surface area contributed by atoms with Crippen molar-refractivity contribution in [3.05, 3.63) is 173 Å². The first-order chi connectivity index (χ1) is 21.7. The molecular weight excluding hydrogens is 542 g/mol. The number of aromatic nitrogens is 1. The number of ether oxygens (including phenoxy) is 2. The van der Waals surface area contributed by atoms with Gasteiger partial charge in [-0.25, -0.2) is 0 Å². The number of hydrazone groups is 1. The zero-order chi connectivity index (χ0) is 29.3. The predicted octanol–water partition coefficient (Wildman–Crippen LogP) is 8.37. The van der Waals surface area contributed by atoms with Crippen molar-refractivity contribution in [3.8, 4) is 33.9 Å². The fourth-order valence-electron chi connectivity index (χ4n) is 7.16. The molecule has 0 amide bonds. The highest BCUT2D eigenvalue weighted by molar-refractivity contribution is 5.95. The second kappa shape index (κ2) is 9.16. The fourth-order valence-corrected chi connectivity index (χ4v) is 7.16. The van der Waals surface area contributed by atoms with Crippen molar-refractivity contribution in [2.24, 2.45) is 5.10 Å².